The Balaban J connectivity index is 2.31. The van der Waals surface area contributed by atoms with Gasteiger partial charge in [0.25, 0.3) is 0 Å². The molecule has 0 radical (unpaired) electrons. The molecule has 4 nitrogen and oxygen atoms in total. The number of nitrogens with zero attached hydrogens (tertiary/aromatic N) is 4. The van der Waals surface area contributed by atoms with Crippen LogP contribution < -0.4 is 0 Å². The lowest BCUT2D eigenvalue weighted by molar-refractivity contribution is 0.765. The smallest absolute Gasteiger partial charge is 0.183 e. The van der Waals surface area contributed by atoms with E-state index in [2.05, 4.69) is 34.2 Å². The average molecular weight is 224 g/mol. The number of hydrogen-bond donors (Lipinski definition) is 0. The Labute approximate surface area is 98.9 Å². The lowest BCUT2D eigenvalue weighted by Crippen LogP contribution is -1.98. The van der Waals surface area contributed by atoms with Crippen molar-refractivity contribution in [2.45, 2.75) is 13.5 Å². The highest BCUT2D eigenvalue weighted by molar-refractivity contribution is 5.92. The van der Waals surface area contributed by atoms with Crippen molar-refractivity contribution in [1.29, 1.82) is 0 Å². The predicted molar refractivity (Wildman–Crippen MR) is 66.4 cm³/mol. The van der Waals surface area contributed by atoms with Gasteiger partial charge in [0.2, 0.25) is 0 Å². The third-order valence-corrected chi connectivity index (χ3v) is 2.84. The number of hydrogen-bond acceptors (Lipinski definition) is 3. The van der Waals surface area contributed by atoms with Crippen LogP contribution in [0.4, 0.5) is 0 Å². The van der Waals surface area contributed by atoms with Gasteiger partial charge in [-0.05, 0) is 18.4 Å². The van der Waals surface area contributed by atoms with Gasteiger partial charge in [-0.25, -0.2) is 0 Å². The van der Waals surface area contributed by atoms with Crippen molar-refractivity contribution in [2.24, 2.45) is 0 Å². The molecule has 0 aliphatic heterocycles. The summed E-state index contributed by atoms with van der Waals surface area (Å²) in [6.45, 7) is 2.91. The second-order valence-corrected chi connectivity index (χ2v) is 3.82. The van der Waals surface area contributed by atoms with Gasteiger partial charge in [0.05, 0.1) is 0 Å². The molecule has 0 aliphatic rings. The van der Waals surface area contributed by atoms with Crippen LogP contribution in [0.15, 0.2) is 42.9 Å². The first-order valence-corrected chi connectivity index (χ1v) is 5.62. The largest absolute Gasteiger partial charge is 0.313 e. The summed E-state index contributed by atoms with van der Waals surface area (Å²) in [7, 11) is 0. The van der Waals surface area contributed by atoms with Crippen LogP contribution in [-0.2, 0) is 6.54 Å². The maximum absolute atomic E-state index is 4.43. The number of rotatable bonds is 2. The van der Waals surface area contributed by atoms with Crippen molar-refractivity contribution in [3.05, 3.63) is 42.9 Å². The molecule has 17 heavy (non-hydrogen) atoms. The molecule has 3 aromatic rings. The van der Waals surface area contributed by atoms with Crippen molar-refractivity contribution >= 4 is 10.8 Å². The number of fused-ring (bicyclic) bond motifs is 1. The monoisotopic (exact) mass is 224 g/mol. The quantitative estimate of drug-likeness (QED) is 0.671. The third kappa shape index (κ3) is 1.58. The molecule has 0 bridgehead atoms. The summed E-state index contributed by atoms with van der Waals surface area (Å²) < 4.78 is 1.99. The number of pyridine rings is 1. The molecule has 0 fully saturated rings. The Kier molecular flexibility index (Phi) is 2.33. The molecule has 0 aliphatic carbocycles. The van der Waals surface area contributed by atoms with E-state index >= 15 is 0 Å². The van der Waals surface area contributed by atoms with Gasteiger partial charge in [-0.2, -0.15) is 0 Å². The van der Waals surface area contributed by atoms with Crippen LogP contribution in [0.2, 0.25) is 0 Å². The molecule has 0 unspecified atom stereocenters. The molecule has 4 heteroatoms. The first kappa shape index (κ1) is 9.96. The number of aryl methyl sites for hydroxylation is 1. The van der Waals surface area contributed by atoms with Gasteiger partial charge in [0.15, 0.2) is 5.82 Å². The van der Waals surface area contributed by atoms with Crippen LogP contribution in [0.25, 0.3) is 22.3 Å². The minimum absolute atomic E-state index is 0.823. The summed E-state index contributed by atoms with van der Waals surface area (Å²) >= 11 is 0. The molecular weight excluding hydrogens is 212 g/mol. The van der Waals surface area contributed by atoms with Crippen molar-refractivity contribution in [3.63, 3.8) is 0 Å². The summed E-state index contributed by atoms with van der Waals surface area (Å²) in [6, 6.07) is 10.2. The summed E-state index contributed by atoms with van der Waals surface area (Å²) in [5.41, 5.74) is 0.891. The Morgan fingerprint density at radius 1 is 1.18 bits per heavy atom. The zero-order chi connectivity index (χ0) is 11.7. The van der Waals surface area contributed by atoms with Crippen LogP contribution in [0.3, 0.4) is 0 Å². The fraction of sp³-hybridized carbons (Fsp3) is 0.154. The molecule has 2 heterocycles. The van der Waals surface area contributed by atoms with E-state index in [9.17, 15) is 0 Å². The van der Waals surface area contributed by atoms with Crippen molar-refractivity contribution in [1.82, 2.24) is 19.7 Å². The molecule has 84 valence electrons. The van der Waals surface area contributed by atoms with Gasteiger partial charge in [-0.3, -0.25) is 4.98 Å². The topological polar surface area (TPSA) is 43.6 Å². The maximum Gasteiger partial charge on any atom is 0.183 e. The van der Waals surface area contributed by atoms with E-state index in [1.807, 2.05) is 29.0 Å². The van der Waals surface area contributed by atoms with Gasteiger partial charge in [0.1, 0.15) is 12.0 Å². The van der Waals surface area contributed by atoms with Crippen LogP contribution in [-0.4, -0.2) is 19.7 Å². The van der Waals surface area contributed by atoms with E-state index in [0.29, 0.717) is 0 Å². The van der Waals surface area contributed by atoms with E-state index in [1.54, 1.807) is 6.33 Å². The minimum Gasteiger partial charge on any atom is -0.313 e. The van der Waals surface area contributed by atoms with Gasteiger partial charge in [0, 0.05) is 18.1 Å². The summed E-state index contributed by atoms with van der Waals surface area (Å²) in [4.78, 5) is 4.43. The zero-order valence-corrected chi connectivity index (χ0v) is 9.54. The molecule has 0 spiro atoms. The highest BCUT2D eigenvalue weighted by Crippen LogP contribution is 2.24. The van der Waals surface area contributed by atoms with E-state index in [0.717, 1.165) is 23.4 Å². The Hall–Kier alpha value is -2.23. The van der Waals surface area contributed by atoms with Crippen LogP contribution in [0.5, 0.6) is 0 Å². The maximum atomic E-state index is 4.43. The lowest BCUT2D eigenvalue weighted by atomic mass is 10.1. The normalized spacial score (nSPS) is 10.9. The molecule has 2 aromatic heterocycles. The van der Waals surface area contributed by atoms with Gasteiger partial charge < -0.3 is 4.57 Å². The Bertz CT molecular complexity index is 652. The molecule has 0 atom stereocenters. The number of benzene rings is 1. The summed E-state index contributed by atoms with van der Waals surface area (Å²) in [6.07, 6.45) is 3.55. The van der Waals surface area contributed by atoms with Crippen LogP contribution in [0, 0.1) is 0 Å². The third-order valence-electron chi connectivity index (χ3n) is 2.84. The molecule has 1 aromatic carbocycles. The Morgan fingerprint density at radius 2 is 2.06 bits per heavy atom. The van der Waals surface area contributed by atoms with Crippen molar-refractivity contribution < 1.29 is 0 Å². The first-order valence-electron chi connectivity index (χ1n) is 5.62. The second kappa shape index (κ2) is 3.97. The minimum atomic E-state index is 0.823. The van der Waals surface area contributed by atoms with E-state index in [1.165, 1.54) is 5.39 Å². The van der Waals surface area contributed by atoms with Crippen LogP contribution >= 0.6 is 0 Å². The second-order valence-electron chi connectivity index (χ2n) is 3.82. The molecule has 3 rings (SSSR count). The van der Waals surface area contributed by atoms with Gasteiger partial charge in [-0.15, -0.1) is 10.2 Å². The van der Waals surface area contributed by atoms with Crippen LogP contribution in [0.1, 0.15) is 6.92 Å². The van der Waals surface area contributed by atoms with Gasteiger partial charge in [-0.1, -0.05) is 24.3 Å². The van der Waals surface area contributed by atoms with Crippen molar-refractivity contribution in [3.8, 4) is 11.5 Å². The standard InChI is InChI=1S/C13H12N4/c1-2-17-9-15-16-13(17)12-11-6-4-3-5-10(11)7-8-14-12/h3-9H,2H2,1H3. The summed E-state index contributed by atoms with van der Waals surface area (Å²) in [5.74, 6) is 0.823. The lowest BCUT2D eigenvalue weighted by Gasteiger charge is -2.05. The number of aromatic nitrogens is 4. The highest BCUT2D eigenvalue weighted by atomic mass is 15.3. The first-order chi connectivity index (χ1) is 8.40. The van der Waals surface area contributed by atoms with E-state index < -0.39 is 0 Å². The molecule has 0 saturated carbocycles. The van der Waals surface area contributed by atoms with E-state index in [-0.39, 0.29) is 0 Å². The predicted octanol–water partition coefficient (Wildman–Crippen LogP) is 2.51. The van der Waals surface area contributed by atoms with Crippen molar-refractivity contribution in [2.75, 3.05) is 0 Å². The zero-order valence-electron chi connectivity index (χ0n) is 9.54. The van der Waals surface area contributed by atoms with E-state index in [4.69, 9.17) is 0 Å². The average Bonchev–Trinajstić information content (AvgIpc) is 2.86. The summed E-state index contributed by atoms with van der Waals surface area (Å²) in [5, 5.41) is 10.4. The fourth-order valence-corrected chi connectivity index (χ4v) is 1.97. The molecule has 0 amide bonds. The Morgan fingerprint density at radius 3 is 2.94 bits per heavy atom. The molecule has 0 N–H and O–H groups in total. The SMILES string of the molecule is CCn1cnnc1-c1nccc2ccccc12. The van der Waals surface area contributed by atoms with Gasteiger partial charge >= 0.3 is 0 Å². The molecular formula is C13H12N4. The highest BCUT2D eigenvalue weighted by Gasteiger charge is 2.10. The molecule has 0 saturated heterocycles. The fourth-order valence-electron chi connectivity index (χ4n) is 1.97.